The van der Waals surface area contributed by atoms with Crippen molar-refractivity contribution in [3.05, 3.63) is 47.7 Å². The highest BCUT2D eigenvalue weighted by Crippen LogP contribution is 2.27. The van der Waals surface area contributed by atoms with E-state index in [0.717, 1.165) is 35.6 Å². The average molecular weight is 386 g/mol. The molecule has 0 amide bonds. The predicted molar refractivity (Wildman–Crippen MR) is 106 cm³/mol. The molecule has 0 atom stereocenters. The van der Waals surface area contributed by atoms with Gasteiger partial charge in [-0.1, -0.05) is 6.07 Å². The number of nitrogens with zero attached hydrogens (tertiary/aromatic N) is 3. The molecule has 1 aromatic carbocycles. The Morgan fingerprint density at radius 3 is 2.74 bits per heavy atom. The number of nitrogens with two attached hydrogens (primary N) is 1. The lowest BCUT2D eigenvalue weighted by molar-refractivity contribution is 0.601. The maximum absolute atomic E-state index is 11.7. The van der Waals surface area contributed by atoms with Gasteiger partial charge in [-0.25, -0.2) is 13.4 Å². The van der Waals surface area contributed by atoms with Crippen molar-refractivity contribution in [3.8, 4) is 0 Å². The fourth-order valence-corrected chi connectivity index (χ4v) is 3.82. The number of hydrogen-bond donors (Lipinski definition) is 3. The molecule has 8 nitrogen and oxygen atoms in total. The molecule has 4 N–H and O–H groups in total. The average Bonchev–Trinajstić information content (AvgIpc) is 3.27. The Morgan fingerprint density at radius 1 is 1.22 bits per heavy atom. The van der Waals surface area contributed by atoms with Gasteiger partial charge in [0, 0.05) is 36.7 Å². The van der Waals surface area contributed by atoms with Crippen LogP contribution >= 0.6 is 0 Å². The van der Waals surface area contributed by atoms with E-state index in [1.165, 1.54) is 6.26 Å². The zero-order valence-electron chi connectivity index (χ0n) is 15.0. The molecule has 0 radical (unpaired) electrons. The number of aromatic nitrogens is 3. The van der Waals surface area contributed by atoms with Gasteiger partial charge in [0.05, 0.1) is 11.9 Å². The highest BCUT2D eigenvalue weighted by atomic mass is 32.2. The van der Waals surface area contributed by atoms with Crippen LogP contribution in [-0.2, 0) is 22.1 Å². The van der Waals surface area contributed by atoms with Crippen molar-refractivity contribution >= 4 is 32.8 Å². The van der Waals surface area contributed by atoms with Gasteiger partial charge in [-0.3, -0.25) is 0 Å². The van der Waals surface area contributed by atoms with Crippen molar-refractivity contribution < 1.29 is 8.42 Å². The SMILES string of the molecule is CS(=O)(=O)Cc1cc(Nc2cc(NC3CC3)n3nccc3n2)ccc1CN. The van der Waals surface area contributed by atoms with Crippen LogP contribution in [0.25, 0.3) is 5.65 Å². The molecule has 2 heterocycles. The van der Waals surface area contributed by atoms with Crippen LogP contribution in [0.1, 0.15) is 24.0 Å². The van der Waals surface area contributed by atoms with Gasteiger partial charge in [0.2, 0.25) is 0 Å². The van der Waals surface area contributed by atoms with Crippen LogP contribution in [0.2, 0.25) is 0 Å². The first-order valence-corrected chi connectivity index (χ1v) is 10.9. The second-order valence-corrected chi connectivity index (χ2v) is 9.07. The van der Waals surface area contributed by atoms with Crippen LogP contribution in [0.15, 0.2) is 36.5 Å². The molecule has 142 valence electrons. The highest BCUT2D eigenvalue weighted by molar-refractivity contribution is 7.89. The molecule has 2 aromatic heterocycles. The van der Waals surface area contributed by atoms with Crippen LogP contribution in [0.3, 0.4) is 0 Å². The van der Waals surface area contributed by atoms with E-state index in [0.29, 0.717) is 24.0 Å². The summed E-state index contributed by atoms with van der Waals surface area (Å²) in [4.78, 5) is 4.57. The Balaban J connectivity index is 1.66. The summed E-state index contributed by atoms with van der Waals surface area (Å²) >= 11 is 0. The molecule has 27 heavy (non-hydrogen) atoms. The van der Waals surface area contributed by atoms with Gasteiger partial charge in [-0.2, -0.15) is 9.61 Å². The molecule has 1 saturated carbocycles. The van der Waals surface area contributed by atoms with Gasteiger partial charge in [0.1, 0.15) is 11.6 Å². The van der Waals surface area contributed by atoms with E-state index in [1.807, 2.05) is 30.3 Å². The number of benzene rings is 1. The monoisotopic (exact) mass is 386 g/mol. The standard InChI is InChI=1S/C18H22N6O2S/c1-27(25,26)11-13-8-15(3-2-12(13)10-19)21-16-9-18(22-14-4-5-14)24-17(23-16)6-7-20-24/h2-3,6-9,14,22H,4-5,10-11,19H2,1H3,(H,21,23). The molecule has 0 aliphatic heterocycles. The van der Waals surface area contributed by atoms with E-state index >= 15 is 0 Å². The molecule has 1 fully saturated rings. The van der Waals surface area contributed by atoms with Crippen molar-refractivity contribution in [1.29, 1.82) is 0 Å². The van der Waals surface area contributed by atoms with Crippen LogP contribution < -0.4 is 16.4 Å². The minimum atomic E-state index is -3.15. The van der Waals surface area contributed by atoms with Gasteiger partial charge < -0.3 is 16.4 Å². The Hall–Kier alpha value is -2.65. The zero-order chi connectivity index (χ0) is 19.0. The number of fused-ring (bicyclic) bond motifs is 1. The first-order chi connectivity index (χ1) is 12.9. The van der Waals surface area contributed by atoms with Crippen molar-refractivity contribution in [2.45, 2.75) is 31.2 Å². The first-order valence-electron chi connectivity index (χ1n) is 8.79. The zero-order valence-corrected chi connectivity index (χ0v) is 15.8. The van der Waals surface area contributed by atoms with E-state index in [1.54, 1.807) is 10.7 Å². The molecule has 0 saturated heterocycles. The molecule has 0 spiro atoms. The molecule has 1 aliphatic rings. The Kier molecular flexibility index (Phi) is 4.48. The summed E-state index contributed by atoms with van der Waals surface area (Å²) in [6.45, 7) is 0.292. The minimum Gasteiger partial charge on any atom is -0.367 e. The quantitative estimate of drug-likeness (QED) is 0.569. The molecular weight excluding hydrogens is 364 g/mol. The van der Waals surface area contributed by atoms with Gasteiger partial charge in [0.25, 0.3) is 0 Å². The Bertz CT molecular complexity index is 1090. The first kappa shape index (κ1) is 17.7. The summed E-state index contributed by atoms with van der Waals surface area (Å²) in [5, 5.41) is 11.0. The van der Waals surface area contributed by atoms with Crippen molar-refractivity contribution in [2.75, 3.05) is 16.9 Å². The number of hydrogen-bond acceptors (Lipinski definition) is 7. The number of nitrogens with one attached hydrogen (secondary N) is 2. The molecule has 1 aliphatic carbocycles. The smallest absolute Gasteiger partial charge is 0.159 e. The largest absolute Gasteiger partial charge is 0.367 e. The van der Waals surface area contributed by atoms with Crippen molar-refractivity contribution in [2.24, 2.45) is 5.73 Å². The predicted octanol–water partition coefficient (Wildman–Crippen LogP) is 2.05. The van der Waals surface area contributed by atoms with Gasteiger partial charge >= 0.3 is 0 Å². The Morgan fingerprint density at radius 2 is 2.04 bits per heavy atom. The topological polar surface area (TPSA) is 114 Å². The summed E-state index contributed by atoms with van der Waals surface area (Å²) in [5.41, 5.74) is 8.77. The molecule has 0 unspecified atom stereocenters. The number of sulfone groups is 1. The van der Waals surface area contributed by atoms with Gasteiger partial charge in [0.15, 0.2) is 15.5 Å². The van der Waals surface area contributed by atoms with Crippen LogP contribution in [0, 0.1) is 0 Å². The Labute approximate surface area is 157 Å². The minimum absolute atomic E-state index is 0.0430. The third kappa shape index (κ3) is 4.20. The summed E-state index contributed by atoms with van der Waals surface area (Å²) in [6.07, 6.45) is 5.25. The molecule has 9 heteroatoms. The summed E-state index contributed by atoms with van der Waals surface area (Å²) in [5.74, 6) is 1.50. The second-order valence-electron chi connectivity index (χ2n) is 6.93. The van der Waals surface area contributed by atoms with E-state index in [-0.39, 0.29) is 5.75 Å². The summed E-state index contributed by atoms with van der Waals surface area (Å²) < 4.78 is 25.2. The van der Waals surface area contributed by atoms with Crippen molar-refractivity contribution in [3.63, 3.8) is 0 Å². The number of anilines is 3. The fourth-order valence-electron chi connectivity index (χ4n) is 2.98. The molecule has 4 rings (SSSR count). The summed E-state index contributed by atoms with van der Waals surface area (Å²) in [7, 11) is -3.15. The highest BCUT2D eigenvalue weighted by Gasteiger charge is 2.22. The lowest BCUT2D eigenvalue weighted by Gasteiger charge is -2.13. The lowest BCUT2D eigenvalue weighted by atomic mass is 10.1. The third-order valence-corrected chi connectivity index (χ3v) is 5.24. The van der Waals surface area contributed by atoms with Crippen LogP contribution in [0.5, 0.6) is 0 Å². The maximum atomic E-state index is 11.7. The normalized spacial score (nSPS) is 14.4. The lowest BCUT2D eigenvalue weighted by Crippen LogP contribution is -2.09. The maximum Gasteiger partial charge on any atom is 0.159 e. The van der Waals surface area contributed by atoms with Crippen LogP contribution in [-0.4, -0.2) is 35.3 Å². The van der Waals surface area contributed by atoms with E-state index in [9.17, 15) is 8.42 Å². The van der Waals surface area contributed by atoms with Crippen molar-refractivity contribution in [1.82, 2.24) is 14.6 Å². The fraction of sp³-hybridized carbons (Fsp3) is 0.333. The van der Waals surface area contributed by atoms with Gasteiger partial charge in [-0.15, -0.1) is 0 Å². The molecular formula is C18H22N6O2S. The molecule has 3 aromatic rings. The van der Waals surface area contributed by atoms with Crippen LogP contribution in [0.4, 0.5) is 17.3 Å². The summed E-state index contributed by atoms with van der Waals surface area (Å²) in [6, 6.07) is 9.78. The van der Waals surface area contributed by atoms with E-state index in [4.69, 9.17) is 5.73 Å². The third-order valence-electron chi connectivity index (χ3n) is 4.41. The van der Waals surface area contributed by atoms with Gasteiger partial charge in [-0.05, 0) is 36.1 Å². The molecule has 0 bridgehead atoms. The van der Waals surface area contributed by atoms with E-state index in [2.05, 4.69) is 20.7 Å². The van der Waals surface area contributed by atoms with E-state index < -0.39 is 9.84 Å². The number of rotatable bonds is 7. The second kappa shape index (κ2) is 6.82.